The minimum absolute atomic E-state index is 0.119. The highest BCUT2D eigenvalue weighted by atomic mass is 16.5. The summed E-state index contributed by atoms with van der Waals surface area (Å²) in [4.78, 5) is 0. The van der Waals surface area contributed by atoms with Crippen molar-refractivity contribution in [3.8, 4) is 5.75 Å². The molecular weight excluding hydrogens is 246 g/mol. The number of nitrogens with two attached hydrogens (primary N) is 1. The summed E-state index contributed by atoms with van der Waals surface area (Å²) in [6.45, 7) is 0.570. The molecule has 20 heavy (non-hydrogen) atoms. The lowest BCUT2D eigenvalue weighted by atomic mass is 10.1. The van der Waals surface area contributed by atoms with E-state index in [0.29, 0.717) is 6.54 Å². The third-order valence-electron chi connectivity index (χ3n) is 3.39. The van der Waals surface area contributed by atoms with E-state index in [1.165, 1.54) is 12.0 Å². The average Bonchev–Trinajstić information content (AvgIpc) is 2.52. The van der Waals surface area contributed by atoms with Crippen LogP contribution < -0.4 is 10.5 Å². The Kier molecular flexibility index (Phi) is 6.12. The first kappa shape index (κ1) is 14.6. The van der Waals surface area contributed by atoms with Gasteiger partial charge in [0.25, 0.3) is 0 Å². The van der Waals surface area contributed by atoms with Crippen LogP contribution in [0.25, 0.3) is 0 Å². The van der Waals surface area contributed by atoms with Crippen LogP contribution in [0.4, 0.5) is 0 Å². The Bertz CT molecular complexity index is 469. The smallest absolute Gasteiger partial charge is 0.119 e. The fourth-order valence-electron chi connectivity index (χ4n) is 2.26. The molecule has 0 aliphatic heterocycles. The van der Waals surface area contributed by atoms with Crippen LogP contribution in [0, 0.1) is 0 Å². The minimum atomic E-state index is 0.119. The molecule has 0 spiro atoms. The van der Waals surface area contributed by atoms with Crippen molar-refractivity contribution in [2.24, 2.45) is 5.73 Å². The molecule has 2 aromatic carbocycles. The summed E-state index contributed by atoms with van der Waals surface area (Å²) in [5.41, 5.74) is 7.19. The highest BCUT2D eigenvalue weighted by Gasteiger charge is 2.07. The van der Waals surface area contributed by atoms with E-state index in [4.69, 9.17) is 10.5 Å². The largest absolute Gasteiger partial charge is 0.489 e. The first-order valence-electron chi connectivity index (χ1n) is 7.34. The summed E-state index contributed by atoms with van der Waals surface area (Å²) in [6.07, 6.45) is 4.58. The molecule has 0 radical (unpaired) electrons. The maximum atomic E-state index is 5.89. The predicted octanol–water partition coefficient (Wildman–Crippen LogP) is 3.81. The molecule has 0 aliphatic carbocycles. The normalized spacial score (nSPS) is 12.1. The SMILES string of the molecule is NC[C@H](CCCCc1ccccc1)Oc1ccccc1. The second-order valence-electron chi connectivity index (χ2n) is 5.02. The first-order valence-corrected chi connectivity index (χ1v) is 7.34. The Balaban J connectivity index is 1.69. The van der Waals surface area contributed by atoms with E-state index in [9.17, 15) is 0 Å². The van der Waals surface area contributed by atoms with Crippen LogP contribution in [0.1, 0.15) is 24.8 Å². The van der Waals surface area contributed by atoms with Gasteiger partial charge in [0.1, 0.15) is 11.9 Å². The number of aryl methyl sites for hydroxylation is 1. The number of hydrogen-bond acceptors (Lipinski definition) is 2. The molecule has 0 bridgehead atoms. The molecule has 1 atom stereocenters. The molecule has 2 nitrogen and oxygen atoms in total. The third kappa shape index (κ3) is 5.06. The Morgan fingerprint density at radius 1 is 0.850 bits per heavy atom. The Hall–Kier alpha value is -1.80. The summed E-state index contributed by atoms with van der Waals surface area (Å²) in [6, 6.07) is 20.5. The van der Waals surface area contributed by atoms with Crippen LogP contribution in [0.5, 0.6) is 5.75 Å². The van der Waals surface area contributed by atoms with Gasteiger partial charge < -0.3 is 10.5 Å². The molecule has 0 saturated heterocycles. The molecule has 2 heteroatoms. The van der Waals surface area contributed by atoms with Crippen molar-refractivity contribution >= 4 is 0 Å². The molecule has 106 valence electrons. The van der Waals surface area contributed by atoms with Crippen molar-refractivity contribution in [1.29, 1.82) is 0 Å². The van der Waals surface area contributed by atoms with Gasteiger partial charge in [0.2, 0.25) is 0 Å². The Morgan fingerprint density at radius 2 is 1.50 bits per heavy atom. The summed E-state index contributed by atoms with van der Waals surface area (Å²) in [5, 5.41) is 0. The minimum Gasteiger partial charge on any atom is -0.489 e. The van der Waals surface area contributed by atoms with Crippen LogP contribution in [0.2, 0.25) is 0 Å². The topological polar surface area (TPSA) is 35.2 Å². The molecule has 0 heterocycles. The molecule has 2 rings (SSSR count). The highest BCUT2D eigenvalue weighted by molar-refractivity contribution is 5.21. The average molecular weight is 269 g/mol. The van der Waals surface area contributed by atoms with Crippen molar-refractivity contribution in [2.45, 2.75) is 31.8 Å². The van der Waals surface area contributed by atoms with Gasteiger partial charge in [-0.2, -0.15) is 0 Å². The molecule has 0 fully saturated rings. The zero-order chi connectivity index (χ0) is 14.0. The van der Waals surface area contributed by atoms with E-state index in [1.807, 2.05) is 30.3 Å². The number of hydrogen-bond donors (Lipinski definition) is 1. The lowest BCUT2D eigenvalue weighted by Crippen LogP contribution is -2.26. The molecule has 0 saturated carbocycles. The fraction of sp³-hybridized carbons (Fsp3) is 0.333. The van der Waals surface area contributed by atoms with Crippen LogP contribution in [-0.2, 0) is 6.42 Å². The fourth-order valence-corrected chi connectivity index (χ4v) is 2.26. The van der Waals surface area contributed by atoms with Crippen LogP contribution in [0.15, 0.2) is 60.7 Å². The van der Waals surface area contributed by atoms with Gasteiger partial charge in [-0.05, 0) is 43.4 Å². The van der Waals surface area contributed by atoms with Crippen molar-refractivity contribution in [2.75, 3.05) is 6.54 Å². The van der Waals surface area contributed by atoms with Crippen molar-refractivity contribution in [3.05, 3.63) is 66.2 Å². The summed E-state index contributed by atoms with van der Waals surface area (Å²) < 4.78 is 5.89. The van der Waals surface area contributed by atoms with Crippen molar-refractivity contribution in [1.82, 2.24) is 0 Å². The molecule has 2 aromatic rings. The third-order valence-corrected chi connectivity index (χ3v) is 3.39. The van der Waals surface area contributed by atoms with E-state index >= 15 is 0 Å². The number of benzene rings is 2. The van der Waals surface area contributed by atoms with Crippen LogP contribution in [0.3, 0.4) is 0 Å². The highest BCUT2D eigenvalue weighted by Crippen LogP contribution is 2.14. The lowest BCUT2D eigenvalue weighted by molar-refractivity contribution is 0.195. The second kappa shape index (κ2) is 8.39. The van der Waals surface area contributed by atoms with Gasteiger partial charge in [-0.25, -0.2) is 0 Å². The van der Waals surface area contributed by atoms with Crippen LogP contribution >= 0.6 is 0 Å². The molecule has 0 amide bonds. The maximum Gasteiger partial charge on any atom is 0.119 e. The number of ether oxygens (including phenoxy) is 1. The molecule has 0 aliphatic rings. The lowest BCUT2D eigenvalue weighted by Gasteiger charge is -2.17. The van der Waals surface area contributed by atoms with Crippen molar-refractivity contribution in [3.63, 3.8) is 0 Å². The monoisotopic (exact) mass is 269 g/mol. The van der Waals surface area contributed by atoms with Gasteiger partial charge >= 0.3 is 0 Å². The maximum absolute atomic E-state index is 5.89. The van der Waals surface area contributed by atoms with Crippen molar-refractivity contribution < 1.29 is 4.74 Å². The summed E-state index contributed by atoms with van der Waals surface area (Å²) in [5.74, 6) is 0.908. The van der Waals surface area contributed by atoms with E-state index in [1.54, 1.807) is 0 Å². The molecule has 0 aromatic heterocycles. The first-order chi connectivity index (χ1) is 9.88. The molecule has 2 N–H and O–H groups in total. The zero-order valence-electron chi connectivity index (χ0n) is 11.9. The van der Waals surface area contributed by atoms with Gasteiger partial charge in [-0.3, -0.25) is 0 Å². The second-order valence-corrected chi connectivity index (χ2v) is 5.02. The van der Waals surface area contributed by atoms with E-state index in [-0.39, 0.29) is 6.10 Å². The Morgan fingerprint density at radius 3 is 2.15 bits per heavy atom. The van der Waals surface area contributed by atoms with Gasteiger partial charge in [0.15, 0.2) is 0 Å². The quantitative estimate of drug-likeness (QED) is 0.740. The Labute approximate surface area is 121 Å². The number of para-hydroxylation sites is 1. The molecular formula is C18H23NO. The summed E-state index contributed by atoms with van der Waals surface area (Å²) in [7, 11) is 0. The zero-order valence-corrected chi connectivity index (χ0v) is 11.9. The number of unbranched alkanes of at least 4 members (excludes halogenated alkanes) is 1. The van der Waals surface area contributed by atoms with Gasteiger partial charge in [-0.1, -0.05) is 48.5 Å². The van der Waals surface area contributed by atoms with E-state index in [2.05, 4.69) is 30.3 Å². The predicted molar refractivity (Wildman–Crippen MR) is 83.9 cm³/mol. The summed E-state index contributed by atoms with van der Waals surface area (Å²) >= 11 is 0. The van der Waals surface area contributed by atoms with E-state index < -0.39 is 0 Å². The van der Waals surface area contributed by atoms with Gasteiger partial charge in [0.05, 0.1) is 0 Å². The molecule has 0 unspecified atom stereocenters. The van der Waals surface area contributed by atoms with Crippen LogP contribution in [-0.4, -0.2) is 12.6 Å². The van der Waals surface area contributed by atoms with Gasteiger partial charge in [-0.15, -0.1) is 0 Å². The number of rotatable bonds is 8. The van der Waals surface area contributed by atoms with E-state index in [0.717, 1.165) is 25.0 Å². The van der Waals surface area contributed by atoms with Gasteiger partial charge in [0, 0.05) is 6.54 Å². The standard InChI is InChI=1S/C18H23NO/c19-15-18(20-17-12-5-2-6-13-17)14-8-7-11-16-9-3-1-4-10-16/h1-6,9-10,12-13,18H,7-8,11,14-15,19H2/t18-/m0/s1.